The first-order chi connectivity index (χ1) is 10.1. The molecule has 1 N–H and O–H groups in total. The van der Waals surface area contributed by atoms with Gasteiger partial charge in [0.05, 0.1) is 0 Å². The third-order valence-electron chi connectivity index (χ3n) is 4.40. The van der Waals surface area contributed by atoms with Crippen molar-refractivity contribution in [1.82, 2.24) is 9.97 Å². The molecular weight excluding hydrogens is 304 g/mol. The lowest BCUT2D eigenvalue weighted by atomic mass is 9.80. The molecule has 21 heavy (non-hydrogen) atoms. The topological polar surface area (TPSA) is 63.1 Å². The molecule has 4 nitrogen and oxygen atoms in total. The summed E-state index contributed by atoms with van der Waals surface area (Å²) in [5.74, 6) is 0.532. The van der Waals surface area contributed by atoms with E-state index < -0.39 is 11.2 Å². The van der Waals surface area contributed by atoms with Crippen molar-refractivity contribution in [3.05, 3.63) is 11.9 Å². The molecule has 0 radical (unpaired) electrons. The largest absolute Gasteiger partial charge is 0.480 e. The van der Waals surface area contributed by atoms with Crippen molar-refractivity contribution < 1.29 is 9.90 Å². The van der Waals surface area contributed by atoms with Crippen LogP contribution in [0.15, 0.2) is 16.4 Å². The number of hydrogen-bond acceptors (Lipinski definition) is 5. The van der Waals surface area contributed by atoms with Crippen LogP contribution in [0.5, 0.6) is 0 Å². The molecule has 4 atom stereocenters. The van der Waals surface area contributed by atoms with Gasteiger partial charge in [0.25, 0.3) is 0 Å². The fraction of sp³-hybridized carbons (Fsp3) is 0.667. The number of aliphatic carboxylic acids is 1. The van der Waals surface area contributed by atoms with E-state index >= 15 is 0 Å². The minimum atomic E-state index is -0.755. The normalized spacial score (nSPS) is 28.8. The molecule has 0 saturated heterocycles. The summed E-state index contributed by atoms with van der Waals surface area (Å²) in [6, 6.07) is 0. The summed E-state index contributed by atoms with van der Waals surface area (Å²) >= 11 is 3.26. The van der Waals surface area contributed by atoms with Crippen LogP contribution < -0.4 is 0 Å². The first-order valence-corrected chi connectivity index (χ1v) is 9.27. The van der Waals surface area contributed by atoms with Gasteiger partial charge in [-0.2, -0.15) is 0 Å². The molecule has 0 spiro atoms. The Balaban J connectivity index is 1.89. The Bertz CT molecular complexity index is 552. The first-order valence-electron chi connectivity index (χ1n) is 7.51. The molecule has 4 unspecified atom stereocenters. The number of carboxylic acids is 1. The number of nitrogens with zero attached hydrogens (tertiary/aromatic N) is 2. The third-order valence-corrected chi connectivity index (χ3v) is 7.14. The molecule has 1 aliphatic carbocycles. The number of fused-ring (bicyclic) bond motifs is 3. The lowest BCUT2D eigenvalue weighted by molar-refractivity contribution is -0.136. The highest BCUT2D eigenvalue weighted by molar-refractivity contribution is 8.01. The molecule has 2 heterocycles. The van der Waals surface area contributed by atoms with Gasteiger partial charge in [-0.1, -0.05) is 32.0 Å². The van der Waals surface area contributed by atoms with Crippen LogP contribution >= 0.6 is 23.5 Å². The fourth-order valence-electron chi connectivity index (χ4n) is 3.24. The molecule has 1 aromatic heterocycles. The molecule has 0 bridgehead atoms. The van der Waals surface area contributed by atoms with Crippen LogP contribution in [0.4, 0.5) is 0 Å². The zero-order valence-corrected chi connectivity index (χ0v) is 13.9. The van der Waals surface area contributed by atoms with E-state index in [1.165, 1.54) is 36.6 Å². The minimum Gasteiger partial charge on any atom is -0.480 e. The molecule has 6 heteroatoms. The maximum atomic E-state index is 11.3. The van der Waals surface area contributed by atoms with Crippen LogP contribution in [0.3, 0.4) is 0 Å². The first kappa shape index (κ1) is 15.2. The van der Waals surface area contributed by atoms with Crippen molar-refractivity contribution in [2.24, 2.45) is 5.92 Å². The highest BCUT2D eigenvalue weighted by atomic mass is 32.2. The molecule has 0 aromatic carbocycles. The zero-order chi connectivity index (χ0) is 15.0. The van der Waals surface area contributed by atoms with Gasteiger partial charge in [0.2, 0.25) is 0 Å². The molecular formula is C15H20N2O2S2. The Labute approximate surface area is 133 Å². The van der Waals surface area contributed by atoms with Crippen molar-refractivity contribution in [3.8, 4) is 0 Å². The SMILES string of the molecule is CCC(Sc1ncnc2c1C1CCC(C)CC1S2)C(=O)O. The Morgan fingerprint density at radius 1 is 1.52 bits per heavy atom. The predicted molar refractivity (Wildman–Crippen MR) is 85.0 cm³/mol. The molecule has 1 saturated carbocycles. The van der Waals surface area contributed by atoms with Crippen LogP contribution in [0.2, 0.25) is 0 Å². The highest BCUT2D eigenvalue weighted by Gasteiger charge is 2.40. The van der Waals surface area contributed by atoms with Gasteiger partial charge >= 0.3 is 5.97 Å². The van der Waals surface area contributed by atoms with E-state index in [2.05, 4.69) is 16.9 Å². The van der Waals surface area contributed by atoms with E-state index in [4.69, 9.17) is 0 Å². The van der Waals surface area contributed by atoms with Crippen molar-refractivity contribution in [2.75, 3.05) is 0 Å². The van der Waals surface area contributed by atoms with Crippen LogP contribution in [0.25, 0.3) is 0 Å². The number of carboxylic acid groups (broad SMARTS) is 1. The Kier molecular flexibility index (Phi) is 4.45. The second-order valence-electron chi connectivity index (χ2n) is 5.93. The molecule has 1 aromatic rings. The smallest absolute Gasteiger partial charge is 0.317 e. The van der Waals surface area contributed by atoms with Gasteiger partial charge in [-0.15, -0.1) is 11.8 Å². The summed E-state index contributed by atoms with van der Waals surface area (Å²) in [4.78, 5) is 20.1. The summed E-state index contributed by atoms with van der Waals surface area (Å²) in [7, 11) is 0. The number of carbonyl (C=O) groups is 1. The van der Waals surface area contributed by atoms with E-state index in [1.54, 1.807) is 6.33 Å². The molecule has 2 aliphatic rings. The van der Waals surface area contributed by atoms with E-state index in [0.29, 0.717) is 17.6 Å². The number of hydrogen-bond donors (Lipinski definition) is 1. The highest BCUT2D eigenvalue weighted by Crippen LogP contribution is 2.54. The zero-order valence-electron chi connectivity index (χ0n) is 12.3. The van der Waals surface area contributed by atoms with E-state index in [1.807, 2.05) is 18.7 Å². The lowest BCUT2D eigenvalue weighted by Crippen LogP contribution is -2.21. The van der Waals surface area contributed by atoms with Crippen molar-refractivity contribution in [3.63, 3.8) is 0 Å². The van der Waals surface area contributed by atoms with Gasteiger partial charge in [-0.25, -0.2) is 9.97 Å². The van der Waals surface area contributed by atoms with Crippen LogP contribution in [-0.2, 0) is 4.79 Å². The van der Waals surface area contributed by atoms with E-state index in [9.17, 15) is 9.90 Å². The van der Waals surface area contributed by atoms with Crippen molar-refractivity contribution in [2.45, 2.75) is 66.0 Å². The average molecular weight is 324 g/mol. The predicted octanol–water partition coefficient (Wildman–Crippen LogP) is 3.81. The maximum Gasteiger partial charge on any atom is 0.317 e. The lowest BCUT2D eigenvalue weighted by Gasteiger charge is -2.29. The van der Waals surface area contributed by atoms with Gasteiger partial charge in [0.15, 0.2) is 0 Å². The maximum absolute atomic E-state index is 11.3. The summed E-state index contributed by atoms with van der Waals surface area (Å²) in [6.45, 7) is 4.23. The molecule has 114 valence electrons. The molecule has 1 aliphatic heterocycles. The summed E-state index contributed by atoms with van der Waals surface area (Å²) in [5.41, 5.74) is 1.23. The van der Waals surface area contributed by atoms with Crippen LogP contribution in [-0.4, -0.2) is 31.5 Å². The minimum absolute atomic E-state index is 0.421. The fourth-order valence-corrected chi connectivity index (χ4v) is 5.96. The van der Waals surface area contributed by atoms with Gasteiger partial charge in [0.1, 0.15) is 21.6 Å². The van der Waals surface area contributed by atoms with Gasteiger partial charge in [-0.3, -0.25) is 4.79 Å². The van der Waals surface area contributed by atoms with Gasteiger partial charge in [-0.05, 0) is 25.2 Å². The van der Waals surface area contributed by atoms with Crippen LogP contribution in [0, 0.1) is 5.92 Å². The summed E-state index contributed by atoms with van der Waals surface area (Å²) < 4.78 is 0. The van der Waals surface area contributed by atoms with Crippen LogP contribution in [0.1, 0.15) is 51.0 Å². The van der Waals surface area contributed by atoms with Crippen molar-refractivity contribution >= 4 is 29.5 Å². The Hall–Kier alpha value is -0.750. The van der Waals surface area contributed by atoms with Crippen molar-refractivity contribution in [1.29, 1.82) is 0 Å². The Morgan fingerprint density at radius 3 is 3.05 bits per heavy atom. The molecule has 0 amide bonds. The molecule has 3 rings (SSSR count). The second-order valence-corrected chi connectivity index (χ2v) is 8.35. The number of aromatic nitrogens is 2. The van der Waals surface area contributed by atoms with E-state index in [0.717, 1.165) is 16.0 Å². The summed E-state index contributed by atoms with van der Waals surface area (Å²) in [6.07, 6.45) is 5.85. The second kappa shape index (κ2) is 6.16. The quantitative estimate of drug-likeness (QED) is 0.671. The Morgan fingerprint density at radius 2 is 2.33 bits per heavy atom. The number of rotatable bonds is 4. The monoisotopic (exact) mass is 324 g/mol. The number of thioether (sulfide) groups is 2. The van der Waals surface area contributed by atoms with Gasteiger partial charge < -0.3 is 5.11 Å². The average Bonchev–Trinajstić information content (AvgIpc) is 2.82. The molecule has 1 fully saturated rings. The summed E-state index contributed by atoms with van der Waals surface area (Å²) in [5, 5.41) is 11.4. The van der Waals surface area contributed by atoms with E-state index in [-0.39, 0.29) is 0 Å². The standard InChI is InChI=1S/C15H20N2O2S2/c1-3-10(15(18)19)20-13-12-9-5-4-8(2)6-11(9)21-14(12)17-7-16-13/h7-11H,3-6H2,1-2H3,(H,18,19). The third kappa shape index (κ3) is 2.93. The van der Waals surface area contributed by atoms with Gasteiger partial charge in [0, 0.05) is 16.7 Å².